The van der Waals surface area contributed by atoms with Crippen LogP contribution in [0.5, 0.6) is 0 Å². The van der Waals surface area contributed by atoms with E-state index in [0.29, 0.717) is 16.5 Å². The van der Waals surface area contributed by atoms with Gasteiger partial charge >= 0.3 is 18.0 Å². The Hall–Kier alpha value is -3.42. The van der Waals surface area contributed by atoms with Gasteiger partial charge < -0.3 is 20.1 Å². The molecular formula is C22H25N3O5. The summed E-state index contributed by atoms with van der Waals surface area (Å²) in [5.74, 6) is -1.00. The molecule has 1 atom stereocenters. The number of carbonyl (C=O) groups excluding carboxylic acids is 3. The normalized spacial score (nSPS) is 16.3. The molecule has 0 fully saturated rings. The highest BCUT2D eigenvalue weighted by molar-refractivity contribution is 6.03. The number of nitrogens with zero attached hydrogens (tertiary/aromatic N) is 1. The smallest absolute Gasteiger partial charge is 0.339 e. The summed E-state index contributed by atoms with van der Waals surface area (Å²) in [4.78, 5) is 41.7. The number of rotatable bonds is 6. The summed E-state index contributed by atoms with van der Waals surface area (Å²) in [6.07, 6.45) is 0. The van der Waals surface area contributed by atoms with E-state index in [0.717, 1.165) is 5.69 Å². The first-order valence-electron chi connectivity index (χ1n) is 9.86. The zero-order valence-corrected chi connectivity index (χ0v) is 17.4. The van der Waals surface area contributed by atoms with Crippen molar-refractivity contribution in [1.29, 1.82) is 0 Å². The van der Waals surface area contributed by atoms with Crippen molar-refractivity contribution in [2.24, 2.45) is 0 Å². The number of amides is 2. The number of aromatic nitrogens is 1. The van der Waals surface area contributed by atoms with Crippen LogP contribution in [0.25, 0.3) is 10.9 Å². The molecule has 0 spiro atoms. The average molecular weight is 411 g/mol. The van der Waals surface area contributed by atoms with Crippen LogP contribution in [0.1, 0.15) is 49.7 Å². The fraction of sp³-hybridized carbons (Fsp3) is 0.364. The Balaban J connectivity index is 1.91. The highest BCUT2D eigenvalue weighted by atomic mass is 16.5. The van der Waals surface area contributed by atoms with E-state index in [1.165, 1.54) is 0 Å². The number of fused-ring (bicyclic) bond motifs is 1. The van der Waals surface area contributed by atoms with Crippen LogP contribution >= 0.6 is 0 Å². The maximum Gasteiger partial charge on any atom is 0.339 e. The summed E-state index contributed by atoms with van der Waals surface area (Å²) >= 11 is 0. The predicted molar refractivity (Wildman–Crippen MR) is 111 cm³/mol. The first-order valence-corrected chi connectivity index (χ1v) is 9.86. The third-order valence-electron chi connectivity index (χ3n) is 4.76. The summed E-state index contributed by atoms with van der Waals surface area (Å²) in [7, 11) is 0. The molecule has 158 valence electrons. The molecule has 0 unspecified atom stereocenters. The largest absolute Gasteiger partial charge is 0.463 e. The fourth-order valence-electron chi connectivity index (χ4n) is 3.27. The maximum absolute atomic E-state index is 12.9. The molecule has 2 amide bonds. The van der Waals surface area contributed by atoms with E-state index < -0.39 is 24.0 Å². The highest BCUT2D eigenvalue weighted by Gasteiger charge is 2.30. The lowest BCUT2D eigenvalue weighted by Gasteiger charge is -2.26. The van der Waals surface area contributed by atoms with Crippen molar-refractivity contribution in [2.75, 3.05) is 13.2 Å². The minimum atomic E-state index is -0.569. The van der Waals surface area contributed by atoms with E-state index in [4.69, 9.17) is 9.47 Å². The van der Waals surface area contributed by atoms with Crippen LogP contribution in [-0.2, 0) is 14.3 Å². The van der Waals surface area contributed by atoms with E-state index in [1.54, 1.807) is 26.0 Å². The summed E-state index contributed by atoms with van der Waals surface area (Å²) < 4.78 is 10.6. The highest BCUT2D eigenvalue weighted by Crippen LogP contribution is 2.23. The Bertz CT molecular complexity index is 1030. The van der Waals surface area contributed by atoms with Crippen molar-refractivity contribution in [2.45, 2.75) is 39.7 Å². The van der Waals surface area contributed by atoms with Gasteiger partial charge in [-0.25, -0.2) is 14.4 Å². The number of hydrogen-bond acceptors (Lipinski definition) is 6. The number of nitrogens with one attached hydrogen (secondary N) is 2. The molecule has 30 heavy (non-hydrogen) atoms. The van der Waals surface area contributed by atoms with Crippen LogP contribution in [0.4, 0.5) is 4.79 Å². The minimum absolute atomic E-state index is 0.129. The van der Waals surface area contributed by atoms with Gasteiger partial charge in [0.1, 0.15) is 6.61 Å². The molecule has 8 heteroatoms. The van der Waals surface area contributed by atoms with Gasteiger partial charge in [0, 0.05) is 11.1 Å². The van der Waals surface area contributed by atoms with Crippen molar-refractivity contribution in [1.82, 2.24) is 15.6 Å². The number of para-hydroxylation sites is 1. The van der Waals surface area contributed by atoms with Crippen LogP contribution in [0.3, 0.4) is 0 Å². The van der Waals surface area contributed by atoms with E-state index in [-0.39, 0.29) is 30.4 Å². The van der Waals surface area contributed by atoms with Crippen molar-refractivity contribution >= 4 is 28.9 Å². The Morgan fingerprint density at radius 1 is 1.17 bits per heavy atom. The van der Waals surface area contributed by atoms with Gasteiger partial charge in [-0.1, -0.05) is 32.0 Å². The Morgan fingerprint density at radius 3 is 2.60 bits per heavy atom. The summed E-state index contributed by atoms with van der Waals surface area (Å²) in [5, 5.41) is 5.83. The Kier molecular flexibility index (Phi) is 6.34. The molecule has 0 aliphatic carbocycles. The fourth-order valence-corrected chi connectivity index (χ4v) is 3.27. The SMILES string of the molecule is CCOC(=O)C1=C(COC(=O)c2cc(C(C)C)nc3ccccc23)NC(=O)N[C@H]1C. The zero-order chi connectivity index (χ0) is 21.8. The predicted octanol–water partition coefficient (Wildman–Crippen LogP) is 3.03. The number of urea groups is 1. The molecule has 1 aromatic carbocycles. The first-order chi connectivity index (χ1) is 14.3. The molecule has 1 aliphatic rings. The molecule has 0 radical (unpaired) electrons. The maximum atomic E-state index is 12.9. The summed E-state index contributed by atoms with van der Waals surface area (Å²) in [6.45, 7) is 7.27. The molecular weight excluding hydrogens is 386 g/mol. The van der Waals surface area contributed by atoms with E-state index in [9.17, 15) is 14.4 Å². The lowest BCUT2D eigenvalue weighted by atomic mass is 10.0. The molecule has 3 rings (SSSR count). The van der Waals surface area contributed by atoms with Crippen molar-refractivity contribution in [3.8, 4) is 0 Å². The number of hydrogen-bond donors (Lipinski definition) is 2. The molecule has 1 aromatic heterocycles. The van der Waals surface area contributed by atoms with Gasteiger partial charge in [-0.05, 0) is 31.9 Å². The third-order valence-corrected chi connectivity index (χ3v) is 4.76. The quantitative estimate of drug-likeness (QED) is 0.708. The molecule has 0 saturated heterocycles. The topological polar surface area (TPSA) is 107 Å². The summed E-state index contributed by atoms with van der Waals surface area (Å²) in [5.41, 5.74) is 2.30. The summed E-state index contributed by atoms with van der Waals surface area (Å²) in [6, 6.07) is 8.01. The van der Waals surface area contributed by atoms with Gasteiger partial charge in [0.25, 0.3) is 0 Å². The van der Waals surface area contributed by atoms with E-state index in [2.05, 4.69) is 15.6 Å². The third kappa shape index (κ3) is 4.42. The number of benzene rings is 1. The van der Waals surface area contributed by atoms with E-state index in [1.807, 2.05) is 32.0 Å². The second-order valence-corrected chi connectivity index (χ2v) is 7.28. The van der Waals surface area contributed by atoms with Crippen LogP contribution in [0.2, 0.25) is 0 Å². The minimum Gasteiger partial charge on any atom is -0.463 e. The monoisotopic (exact) mass is 411 g/mol. The van der Waals surface area contributed by atoms with Crippen molar-refractivity contribution in [3.63, 3.8) is 0 Å². The Morgan fingerprint density at radius 2 is 1.90 bits per heavy atom. The average Bonchev–Trinajstić information content (AvgIpc) is 2.70. The molecule has 2 heterocycles. The number of pyridine rings is 1. The van der Waals surface area contributed by atoms with Gasteiger partial charge in [0.05, 0.1) is 35.0 Å². The molecule has 2 N–H and O–H groups in total. The number of ether oxygens (including phenoxy) is 2. The first kappa shape index (κ1) is 21.3. The van der Waals surface area contributed by atoms with Gasteiger partial charge in [-0.15, -0.1) is 0 Å². The molecule has 0 saturated carbocycles. The zero-order valence-electron chi connectivity index (χ0n) is 17.4. The number of carbonyl (C=O) groups is 3. The van der Waals surface area contributed by atoms with Crippen LogP contribution in [-0.4, -0.2) is 42.2 Å². The van der Waals surface area contributed by atoms with Crippen LogP contribution < -0.4 is 10.6 Å². The molecule has 0 bridgehead atoms. The second kappa shape index (κ2) is 8.94. The Labute approximate surface area is 174 Å². The van der Waals surface area contributed by atoms with Gasteiger partial charge in [0.15, 0.2) is 0 Å². The standard InChI is InChI=1S/C22H25N3O5/c1-5-29-21(27)19-13(4)23-22(28)25-18(19)11-30-20(26)15-10-17(12(2)3)24-16-9-7-6-8-14(15)16/h6-10,12-13H,5,11H2,1-4H3,(H2,23,25,28)/t13-/m0/s1. The lowest BCUT2D eigenvalue weighted by molar-refractivity contribution is -0.139. The lowest BCUT2D eigenvalue weighted by Crippen LogP contribution is -2.50. The van der Waals surface area contributed by atoms with Gasteiger partial charge in [0.2, 0.25) is 0 Å². The van der Waals surface area contributed by atoms with Gasteiger partial charge in [-0.2, -0.15) is 0 Å². The van der Waals surface area contributed by atoms with Gasteiger partial charge in [-0.3, -0.25) is 4.98 Å². The van der Waals surface area contributed by atoms with Crippen LogP contribution in [0, 0.1) is 0 Å². The second-order valence-electron chi connectivity index (χ2n) is 7.28. The van der Waals surface area contributed by atoms with Crippen LogP contribution in [0.15, 0.2) is 41.6 Å². The molecule has 1 aliphatic heterocycles. The van der Waals surface area contributed by atoms with Crippen molar-refractivity contribution in [3.05, 3.63) is 52.9 Å². The van der Waals surface area contributed by atoms with Crippen molar-refractivity contribution < 1.29 is 23.9 Å². The van der Waals surface area contributed by atoms with E-state index >= 15 is 0 Å². The number of esters is 2. The molecule has 2 aromatic rings. The molecule has 8 nitrogen and oxygen atoms in total.